The second-order valence-electron chi connectivity index (χ2n) is 6.75. The maximum atomic E-state index is 5.89. The number of pyridine rings is 1. The van der Waals surface area contributed by atoms with Gasteiger partial charge in [0.2, 0.25) is 0 Å². The molecule has 0 spiro atoms. The fourth-order valence-corrected chi connectivity index (χ4v) is 3.49. The van der Waals surface area contributed by atoms with Crippen molar-refractivity contribution in [2.75, 3.05) is 11.9 Å². The molecule has 138 valence electrons. The summed E-state index contributed by atoms with van der Waals surface area (Å²) in [5.41, 5.74) is 5.23. The molecule has 3 heterocycles. The number of hydrogen-bond donors (Lipinski definition) is 1. The summed E-state index contributed by atoms with van der Waals surface area (Å²) in [5, 5.41) is 8.31. The molecule has 0 radical (unpaired) electrons. The summed E-state index contributed by atoms with van der Waals surface area (Å²) in [6, 6.07) is 24.1. The molecule has 4 aromatic rings. The van der Waals surface area contributed by atoms with Crippen LogP contribution in [0.5, 0.6) is 5.75 Å². The van der Waals surface area contributed by atoms with Gasteiger partial charge < -0.3 is 10.1 Å². The number of aromatic nitrogens is 3. The number of rotatable bonds is 5. The lowest BCUT2D eigenvalue weighted by atomic mass is 10.1. The highest BCUT2D eigenvalue weighted by Crippen LogP contribution is 2.34. The van der Waals surface area contributed by atoms with E-state index in [1.165, 1.54) is 5.56 Å². The number of anilines is 1. The number of ether oxygens (including phenoxy) is 1. The fourth-order valence-electron chi connectivity index (χ4n) is 3.49. The largest absolute Gasteiger partial charge is 0.489 e. The van der Waals surface area contributed by atoms with Crippen molar-refractivity contribution in [1.82, 2.24) is 14.8 Å². The van der Waals surface area contributed by atoms with Gasteiger partial charge in [-0.25, -0.2) is 4.68 Å². The van der Waals surface area contributed by atoms with Gasteiger partial charge >= 0.3 is 0 Å². The van der Waals surface area contributed by atoms with Gasteiger partial charge in [0.15, 0.2) is 0 Å². The van der Waals surface area contributed by atoms with E-state index < -0.39 is 0 Å². The average Bonchev–Trinajstić information content (AvgIpc) is 3.37. The van der Waals surface area contributed by atoms with Crippen LogP contribution in [0.1, 0.15) is 11.1 Å². The van der Waals surface area contributed by atoms with Gasteiger partial charge in [0.05, 0.1) is 11.4 Å². The van der Waals surface area contributed by atoms with E-state index in [4.69, 9.17) is 9.84 Å². The van der Waals surface area contributed by atoms with Gasteiger partial charge in [-0.1, -0.05) is 36.4 Å². The first-order chi connectivity index (χ1) is 13.9. The Bertz CT molecular complexity index is 1070. The number of benzene rings is 2. The Kier molecular flexibility index (Phi) is 4.26. The lowest BCUT2D eigenvalue weighted by molar-refractivity contribution is 0.306. The summed E-state index contributed by atoms with van der Waals surface area (Å²) in [4.78, 5) is 4.48. The molecule has 2 aromatic carbocycles. The minimum atomic E-state index is 0.558. The summed E-state index contributed by atoms with van der Waals surface area (Å²) in [6.07, 6.45) is 2.77. The third-order valence-electron chi connectivity index (χ3n) is 4.89. The predicted octanol–water partition coefficient (Wildman–Crippen LogP) is 4.48. The summed E-state index contributed by atoms with van der Waals surface area (Å²) in [5.74, 6) is 1.90. The molecular weight excluding hydrogens is 348 g/mol. The third kappa shape index (κ3) is 3.11. The van der Waals surface area contributed by atoms with E-state index in [0.717, 1.165) is 47.2 Å². The van der Waals surface area contributed by atoms with Crippen molar-refractivity contribution >= 4 is 5.82 Å². The summed E-state index contributed by atoms with van der Waals surface area (Å²) >= 11 is 0. The highest BCUT2D eigenvalue weighted by atomic mass is 16.5. The van der Waals surface area contributed by atoms with E-state index in [9.17, 15) is 0 Å². The zero-order valence-corrected chi connectivity index (χ0v) is 15.4. The van der Waals surface area contributed by atoms with E-state index in [1.54, 1.807) is 0 Å². The van der Waals surface area contributed by atoms with Crippen LogP contribution in [-0.4, -0.2) is 21.3 Å². The molecule has 0 fully saturated rings. The number of nitrogens with zero attached hydrogens (tertiary/aromatic N) is 3. The lowest BCUT2D eigenvalue weighted by Crippen LogP contribution is -2.04. The smallest absolute Gasteiger partial charge is 0.133 e. The Hall–Kier alpha value is -3.60. The van der Waals surface area contributed by atoms with Crippen LogP contribution < -0.4 is 10.1 Å². The van der Waals surface area contributed by atoms with Crippen LogP contribution >= 0.6 is 0 Å². The van der Waals surface area contributed by atoms with Crippen LogP contribution in [0.2, 0.25) is 0 Å². The zero-order valence-electron chi connectivity index (χ0n) is 15.4. The lowest BCUT2D eigenvalue weighted by Gasteiger charge is -2.09. The summed E-state index contributed by atoms with van der Waals surface area (Å²) < 4.78 is 7.86. The first kappa shape index (κ1) is 16.6. The SMILES string of the molecule is c1ccc(COc2ccc(-n3nc(-c4ccccn4)c4c3NCC4)cc2)cc1. The molecule has 0 bridgehead atoms. The van der Waals surface area contributed by atoms with Crippen molar-refractivity contribution in [2.45, 2.75) is 13.0 Å². The second kappa shape index (κ2) is 7.19. The molecule has 0 aliphatic carbocycles. The van der Waals surface area contributed by atoms with Gasteiger partial charge in [0, 0.05) is 18.3 Å². The molecule has 0 atom stereocenters. The van der Waals surface area contributed by atoms with Crippen molar-refractivity contribution < 1.29 is 4.74 Å². The molecule has 0 saturated heterocycles. The highest BCUT2D eigenvalue weighted by Gasteiger charge is 2.24. The number of hydrogen-bond acceptors (Lipinski definition) is 4. The van der Waals surface area contributed by atoms with Gasteiger partial charge in [0.1, 0.15) is 23.9 Å². The molecule has 2 aromatic heterocycles. The normalized spacial score (nSPS) is 12.4. The van der Waals surface area contributed by atoms with E-state index in [2.05, 4.69) is 22.4 Å². The predicted molar refractivity (Wildman–Crippen MR) is 110 cm³/mol. The molecule has 5 nitrogen and oxygen atoms in total. The van der Waals surface area contributed by atoms with Gasteiger partial charge in [0.25, 0.3) is 0 Å². The molecule has 1 aliphatic heterocycles. The quantitative estimate of drug-likeness (QED) is 0.564. The molecule has 5 rings (SSSR count). The molecule has 1 aliphatic rings. The summed E-state index contributed by atoms with van der Waals surface area (Å²) in [7, 11) is 0. The van der Waals surface area contributed by atoms with Gasteiger partial charge in [-0.3, -0.25) is 4.98 Å². The van der Waals surface area contributed by atoms with Crippen LogP contribution in [0.3, 0.4) is 0 Å². The molecule has 0 amide bonds. The first-order valence-corrected chi connectivity index (χ1v) is 9.43. The Morgan fingerprint density at radius 1 is 0.929 bits per heavy atom. The Morgan fingerprint density at radius 3 is 2.54 bits per heavy atom. The molecule has 0 unspecified atom stereocenters. The van der Waals surface area contributed by atoms with Crippen molar-refractivity contribution in [3.63, 3.8) is 0 Å². The average molecular weight is 368 g/mol. The van der Waals surface area contributed by atoms with Gasteiger partial charge in [-0.05, 0) is 48.4 Å². The van der Waals surface area contributed by atoms with Gasteiger partial charge in [-0.15, -0.1) is 0 Å². The Labute approximate surface area is 163 Å². The first-order valence-electron chi connectivity index (χ1n) is 9.43. The minimum Gasteiger partial charge on any atom is -0.489 e. The molecule has 28 heavy (non-hydrogen) atoms. The standard InChI is InChI=1S/C23H20N4O/c1-2-6-17(7-3-1)16-28-19-11-9-18(10-12-19)27-23-20(13-15-25-23)22(26-27)21-8-4-5-14-24-21/h1-12,14,25H,13,15-16H2. The van der Waals surface area contributed by atoms with Crippen LogP contribution in [0.4, 0.5) is 5.82 Å². The van der Waals surface area contributed by atoms with Crippen LogP contribution in [-0.2, 0) is 13.0 Å². The van der Waals surface area contributed by atoms with Crippen molar-refractivity contribution in [3.8, 4) is 22.8 Å². The van der Waals surface area contributed by atoms with E-state index >= 15 is 0 Å². The van der Waals surface area contributed by atoms with Crippen molar-refractivity contribution in [3.05, 3.63) is 90.1 Å². The molecule has 5 heteroatoms. The maximum absolute atomic E-state index is 5.89. The second-order valence-corrected chi connectivity index (χ2v) is 6.75. The number of nitrogens with one attached hydrogen (secondary N) is 1. The fraction of sp³-hybridized carbons (Fsp3) is 0.130. The van der Waals surface area contributed by atoms with Gasteiger partial charge in [-0.2, -0.15) is 5.10 Å². The Morgan fingerprint density at radius 2 is 1.75 bits per heavy atom. The maximum Gasteiger partial charge on any atom is 0.133 e. The van der Waals surface area contributed by atoms with E-state index in [1.807, 2.05) is 71.5 Å². The van der Waals surface area contributed by atoms with E-state index in [-0.39, 0.29) is 0 Å². The van der Waals surface area contributed by atoms with Crippen molar-refractivity contribution in [1.29, 1.82) is 0 Å². The molecular formula is C23H20N4O. The van der Waals surface area contributed by atoms with E-state index in [0.29, 0.717) is 6.61 Å². The van der Waals surface area contributed by atoms with Crippen LogP contribution in [0.15, 0.2) is 79.0 Å². The van der Waals surface area contributed by atoms with Crippen molar-refractivity contribution in [2.24, 2.45) is 0 Å². The topological polar surface area (TPSA) is 52.0 Å². The van der Waals surface area contributed by atoms with Crippen LogP contribution in [0.25, 0.3) is 17.1 Å². The molecule has 0 saturated carbocycles. The minimum absolute atomic E-state index is 0.558. The third-order valence-corrected chi connectivity index (χ3v) is 4.89. The Balaban J connectivity index is 1.41. The summed E-state index contributed by atoms with van der Waals surface area (Å²) in [6.45, 7) is 1.48. The number of fused-ring (bicyclic) bond motifs is 1. The monoisotopic (exact) mass is 368 g/mol. The molecule has 1 N–H and O–H groups in total. The zero-order chi connectivity index (χ0) is 18.8. The van der Waals surface area contributed by atoms with Crippen LogP contribution in [0, 0.1) is 0 Å². The highest BCUT2D eigenvalue weighted by molar-refractivity contribution is 5.70.